The molecule has 0 saturated heterocycles. The van der Waals surface area contributed by atoms with E-state index in [1.54, 1.807) is 11.3 Å². The molecule has 0 fully saturated rings. The number of hydrogen-bond acceptors (Lipinski definition) is 2. The van der Waals surface area contributed by atoms with Crippen molar-refractivity contribution in [2.45, 2.75) is 0 Å². The fraction of sp³-hybridized carbons (Fsp3) is 0.100. The number of aromatic nitrogens is 1. The van der Waals surface area contributed by atoms with Crippen LogP contribution in [0.25, 0.3) is 10.2 Å². The van der Waals surface area contributed by atoms with Gasteiger partial charge in [0.15, 0.2) is 0 Å². The number of aromatic amines is 1. The highest BCUT2D eigenvalue weighted by molar-refractivity contribution is 7.21. The molecule has 66 valence electrons. The maximum Gasteiger partial charge on any atom is 0.332 e. The molecule has 2 N–H and O–H groups in total. The molecule has 1 aromatic heterocycles. The van der Waals surface area contributed by atoms with E-state index in [0.29, 0.717) is 0 Å². The first kappa shape index (κ1) is 8.26. The van der Waals surface area contributed by atoms with Gasteiger partial charge < -0.3 is 0 Å². The Morgan fingerprint density at radius 2 is 2.31 bits per heavy atom. The average Bonchev–Trinajstić information content (AvgIpc) is 2.57. The van der Waals surface area contributed by atoms with Gasteiger partial charge in [0.05, 0.1) is 4.70 Å². The monoisotopic (exact) mass is 191 g/mol. The molecule has 0 bridgehead atoms. The summed E-state index contributed by atoms with van der Waals surface area (Å²) in [6.07, 6.45) is 1.85. The fourth-order valence-corrected chi connectivity index (χ4v) is 2.07. The van der Waals surface area contributed by atoms with Crippen LogP contribution in [0.15, 0.2) is 36.9 Å². The van der Waals surface area contributed by atoms with Crippen molar-refractivity contribution < 1.29 is 4.98 Å². The molecule has 0 amide bonds. The highest BCUT2D eigenvalue weighted by Crippen LogP contribution is 2.20. The topological polar surface area (TPSA) is 26.2 Å². The predicted octanol–water partition coefficient (Wildman–Crippen LogP) is 2.31. The van der Waals surface area contributed by atoms with Crippen molar-refractivity contribution >= 4 is 26.7 Å². The normalized spacial score (nSPS) is 10.2. The highest BCUT2D eigenvalue weighted by atomic mass is 32.1. The largest absolute Gasteiger partial charge is 0.332 e. The van der Waals surface area contributed by atoms with Gasteiger partial charge in [-0.15, -0.1) is 0 Å². The van der Waals surface area contributed by atoms with E-state index in [1.807, 2.05) is 18.2 Å². The van der Waals surface area contributed by atoms with Crippen LogP contribution in [0.3, 0.4) is 0 Å². The van der Waals surface area contributed by atoms with Crippen LogP contribution in [0.4, 0.5) is 5.13 Å². The summed E-state index contributed by atoms with van der Waals surface area (Å²) in [5.74, 6) is 0. The van der Waals surface area contributed by atoms with Gasteiger partial charge in [-0.25, -0.2) is 4.98 Å². The summed E-state index contributed by atoms with van der Waals surface area (Å²) in [6.45, 7) is 4.45. The third-order valence-electron chi connectivity index (χ3n) is 1.75. The van der Waals surface area contributed by atoms with Crippen LogP contribution >= 0.6 is 11.3 Å². The van der Waals surface area contributed by atoms with Crippen LogP contribution in [0.5, 0.6) is 0 Å². The minimum Gasteiger partial charge on any atom is -0.262 e. The number of thiazole rings is 1. The summed E-state index contributed by atoms with van der Waals surface area (Å²) >= 11 is 1.72. The quantitative estimate of drug-likeness (QED) is 0.740. The molecule has 0 aliphatic carbocycles. The van der Waals surface area contributed by atoms with Gasteiger partial charge >= 0.3 is 5.13 Å². The maximum atomic E-state index is 3.66. The molecule has 2 aromatic rings. The van der Waals surface area contributed by atoms with E-state index in [4.69, 9.17) is 0 Å². The van der Waals surface area contributed by atoms with Crippen molar-refractivity contribution in [3.8, 4) is 0 Å². The van der Waals surface area contributed by atoms with Crippen molar-refractivity contribution in [3.05, 3.63) is 36.9 Å². The van der Waals surface area contributed by atoms with Gasteiger partial charge in [0, 0.05) is 0 Å². The zero-order valence-corrected chi connectivity index (χ0v) is 8.03. The maximum absolute atomic E-state index is 3.66. The number of hydrogen-bond donors (Lipinski definition) is 1. The van der Waals surface area contributed by atoms with Gasteiger partial charge in [0.1, 0.15) is 12.1 Å². The molecule has 0 saturated carbocycles. The molecule has 1 aromatic carbocycles. The summed E-state index contributed by atoms with van der Waals surface area (Å²) in [5, 5.41) is 4.31. The lowest BCUT2D eigenvalue weighted by Gasteiger charge is -1.85. The fourth-order valence-electron chi connectivity index (χ4n) is 1.16. The number of para-hydroxylation sites is 1. The Morgan fingerprint density at radius 1 is 1.46 bits per heavy atom. The minimum absolute atomic E-state index is 0.795. The molecule has 0 aliphatic heterocycles. The molecule has 13 heavy (non-hydrogen) atoms. The molecule has 0 spiro atoms. The van der Waals surface area contributed by atoms with Crippen molar-refractivity contribution in [1.82, 2.24) is 0 Å². The number of H-pyrrole nitrogens is 1. The first-order valence-corrected chi connectivity index (χ1v) is 4.97. The predicted molar refractivity (Wildman–Crippen MR) is 57.1 cm³/mol. The van der Waals surface area contributed by atoms with Crippen LogP contribution in [-0.4, -0.2) is 6.54 Å². The Balaban J connectivity index is 2.32. The third-order valence-corrected chi connectivity index (χ3v) is 2.78. The van der Waals surface area contributed by atoms with E-state index in [1.165, 1.54) is 10.2 Å². The SMILES string of the molecule is C=CCNc1[nH+]c2ccccc2s1. The van der Waals surface area contributed by atoms with Crippen LogP contribution in [0.1, 0.15) is 0 Å². The molecule has 0 radical (unpaired) electrons. The second-order valence-corrected chi connectivity index (χ2v) is 3.77. The summed E-state index contributed by atoms with van der Waals surface area (Å²) in [4.78, 5) is 3.29. The molecule has 1 heterocycles. The van der Waals surface area contributed by atoms with Crippen LogP contribution in [0, 0.1) is 0 Å². The molecular formula is C10H11N2S+. The Bertz CT molecular complexity index is 387. The summed E-state index contributed by atoms with van der Waals surface area (Å²) in [7, 11) is 0. The molecule has 0 unspecified atom stereocenters. The molecule has 0 aliphatic rings. The van der Waals surface area contributed by atoms with Gasteiger partial charge in [0.25, 0.3) is 0 Å². The lowest BCUT2D eigenvalue weighted by molar-refractivity contribution is -0.321. The first-order valence-electron chi connectivity index (χ1n) is 4.16. The number of nitrogens with one attached hydrogen (secondary N) is 2. The zero-order valence-electron chi connectivity index (χ0n) is 7.21. The van der Waals surface area contributed by atoms with Gasteiger partial charge in [-0.05, 0) is 23.5 Å². The van der Waals surface area contributed by atoms with E-state index in [2.05, 4.69) is 29.0 Å². The van der Waals surface area contributed by atoms with Crippen LogP contribution < -0.4 is 10.3 Å². The van der Waals surface area contributed by atoms with Gasteiger partial charge in [-0.2, -0.15) is 0 Å². The molecule has 2 rings (SSSR count). The first-order chi connectivity index (χ1) is 6.40. The zero-order chi connectivity index (χ0) is 9.10. The number of benzene rings is 1. The van der Waals surface area contributed by atoms with E-state index in [-0.39, 0.29) is 0 Å². The van der Waals surface area contributed by atoms with E-state index < -0.39 is 0 Å². The lowest BCUT2D eigenvalue weighted by atomic mass is 10.3. The summed E-state index contributed by atoms with van der Waals surface area (Å²) in [5.41, 5.74) is 1.18. The number of fused-ring (bicyclic) bond motifs is 1. The average molecular weight is 191 g/mol. The molecule has 2 nitrogen and oxygen atoms in total. The Kier molecular flexibility index (Phi) is 2.27. The Morgan fingerprint density at radius 3 is 3.08 bits per heavy atom. The van der Waals surface area contributed by atoms with E-state index in [9.17, 15) is 0 Å². The van der Waals surface area contributed by atoms with E-state index >= 15 is 0 Å². The molecule has 0 atom stereocenters. The minimum atomic E-state index is 0.795. The van der Waals surface area contributed by atoms with Crippen LogP contribution in [0.2, 0.25) is 0 Å². The van der Waals surface area contributed by atoms with Crippen molar-refractivity contribution in [1.29, 1.82) is 0 Å². The van der Waals surface area contributed by atoms with Crippen molar-refractivity contribution in [2.75, 3.05) is 11.9 Å². The Hall–Kier alpha value is -1.35. The van der Waals surface area contributed by atoms with Crippen molar-refractivity contribution in [3.63, 3.8) is 0 Å². The third kappa shape index (κ3) is 1.70. The Labute approximate surface area is 80.9 Å². The summed E-state index contributed by atoms with van der Waals surface area (Å²) < 4.78 is 1.27. The van der Waals surface area contributed by atoms with Gasteiger partial charge in [-0.3, -0.25) is 5.32 Å². The lowest BCUT2D eigenvalue weighted by Crippen LogP contribution is -2.08. The standard InChI is InChI=1S/C10H10N2S/c1-2-7-11-10-12-8-5-3-4-6-9(8)13-10/h2-6H,1,7H2,(H,11,12)/p+1. The van der Waals surface area contributed by atoms with Gasteiger partial charge in [0.2, 0.25) is 0 Å². The highest BCUT2D eigenvalue weighted by Gasteiger charge is 2.06. The molecular weight excluding hydrogens is 180 g/mol. The summed E-state index contributed by atoms with van der Waals surface area (Å²) in [6, 6.07) is 8.26. The molecule has 3 heteroatoms. The number of rotatable bonds is 3. The van der Waals surface area contributed by atoms with E-state index in [0.717, 1.165) is 11.7 Å². The van der Waals surface area contributed by atoms with Crippen molar-refractivity contribution in [2.24, 2.45) is 0 Å². The van der Waals surface area contributed by atoms with Crippen LogP contribution in [-0.2, 0) is 0 Å². The second kappa shape index (κ2) is 3.58. The smallest absolute Gasteiger partial charge is 0.262 e. The van der Waals surface area contributed by atoms with Gasteiger partial charge in [-0.1, -0.05) is 24.8 Å². The second-order valence-electron chi connectivity index (χ2n) is 2.72. The number of anilines is 1.